The molecule has 0 rings (SSSR count). The van der Waals surface area contributed by atoms with Gasteiger partial charge in [0, 0.05) is 19.3 Å². The van der Waals surface area contributed by atoms with Crippen molar-refractivity contribution in [2.45, 2.75) is 45.6 Å². The summed E-state index contributed by atoms with van der Waals surface area (Å²) in [5.74, 6) is 0. The van der Waals surface area contributed by atoms with Gasteiger partial charge >= 0.3 is 0 Å². The number of unbranched alkanes of at least 4 members (excludes halogenated alkanes) is 1. The molecule has 0 amide bonds. The fraction of sp³-hybridized carbons (Fsp3) is 1.00. The minimum atomic E-state index is 0.649. The van der Waals surface area contributed by atoms with Crippen molar-refractivity contribution < 1.29 is 4.74 Å². The Morgan fingerprint density at radius 3 is 2.58 bits per heavy atom. The molecule has 0 spiro atoms. The smallest absolute Gasteiger partial charge is 0.0466 e. The second-order valence-corrected chi connectivity index (χ2v) is 3.30. The second kappa shape index (κ2) is 9.01. The highest BCUT2D eigenvalue weighted by Crippen LogP contribution is 2.00. The van der Waals surface area contributed by atoms with Crippen LogP contribution in [0.2, 0.25) is 0 Å². The summed E-state index contributed by atoms with van der Waals surface area (Å²) in [6.07, 6.45) is 4.86. The molecule has 0 bridgehead atoms. The van der Waals surface area contributed by atoms with Crippen LogP contribution in [0.4, 0.5) is 0 Å². The minimum Gasteiger partial charge on any atom is -0.381 e. The second-order valence-electron chi connectivity index (χ2n) is 3.30. The van der Waals surface area contributed by atoms with Crippen LogP contribution in [-0.4, -0.2) is 26.3 Å². The maximum atomic E-state index is 5.38. The lowest BCUT2D eigenvalue weighted by Gasteiger charge is -2.09. The van der Waals surface area contributed by atoms with Gasteiger partial charge in [-0.1, -0.05) is 6.92 Å². The third-order valence-electron chi connectivity index (χ3n) is 2.02. The van der Waals surface area contributed by atoms with Crippen LogP contribution in [0.5, 0.6) is 0 Å². The molecule has 2 nitrogen and oxygen atoms in total. The van der Waals surface area contributed by atoms with Gasteiger partial charge in [-0.05, 0) is 39.7 Å². The Labute approximate surface area is 76.7 Å². The van der Waals surface area contributed by atoms with Crippen LogP contribution < -0.4 is 5.32 Å². The third-order valence-corrected chi connectivity index (χ3v) is 2.02. The Balaban J connectivity index is 2.90. The normalized spacial score (nSPS) is 13.2. The van der Waals surface area contributed by atoms with Crippen LogP contribution in [-0.2, 0) is 4.74 Å². The number of ether oxygens (including phenoxy) is 1. The monoisotopic (exact) mass is 173 g/mol. The maximum Gasteiger partial charge on any atom is 0.0466 e. The highest BCUT2D eigenvalue weighted by atomic mass is 16.5. The fourth-order valence-electron chi connectivity index (χ4n) is 1.05. The molecule has 12 heavy (non-hydrogen) atoms. The molecule has 74 valence electrons. The largest absolute Gasteiger partial charge is 0.381 e. The van der Waals surface area contributed by atoms with Crippen molar-refractivity contribution in [1.29, 1.82) is 0 Å². The van der Waals surface area contributed by atoms with Crippen molar-refractivity contribution in [3.8, 4) is 0 Å². The van der Waals surface area contributed by atoms with Crippen molar-refractivity contribution >= 4 is 0 Å². The summed E-state index contributed by atoms with van der Waals surface area (Å²) < 4.78 is 5.38. The van der Waals surface area contributed by atoms with E-state index in [0.717, 1.165) is 19.6 Å². The van der Waals surface area contributed by atoms with Gasteiger partial charge in [-0.2, -0.15) is 0 Å². The van der Waals surface area contributed by atoms with Gasteiger partial charge in [-0.25, -0.2) is 0 Å². The van der Waals surface area contributed by atoms with Crippen LogP contribution in [0.15, 0.2) is 0 Å². The average molecular weight is 173 g/mol. The summed E-state index contributed by atoms with van der Waals surface area (Å²) in [4.78, 5) is 0. The molecule has 0 aromatic rings. The summed E-state index contributed by atoms with van der Waals surface area (Å²) in [6, 6.07) is 0.649. The lowest BCUT2D eigenvalue weighted by atomic mass is 10.1. The molecule has 0 aliphatic carbocycles. The highest BCUT2D eigenvalue weighted by Gasteiger charge is 1.96. The van der Waals surface area contributed by atoms with E-state index in [-0.39, 0.29) is 0 Å². The van der Waals surface area contributed by atoms with E-state index >= 15 is 0 Å². The van der Waals surface area contributed by atoms with Crippen molar-refractivity contribution in [3.63, 3.8) is 0 Å². The zero-order valence-corrected chi connectivity index (χ0v) is 8.73. The van der Waals surface area contributed by atoms with Crippen molar-refractivity contribution in [2.24, 2.45) is 0 Å². The first-order valence-corrected chi connectivity index (χ1v) is 5.06. The van der Waals surface area contributed by atoms with Gasteiger partial charge in [0.2, 0.25) is 0 Å². The molecule has 0 saturated carbocycles. The molecule has 0 heterocycles. The number of hydrogen-bond acceptors (Lipinski definition) is 2. The van der Waals surface area contributed by atoms with Gasteiger partial charge in [0.1, 0.15) is 0 Å². The molecular weight excluding hydrogens is 150 g/mol. The van der Waals surface area contributed by atoms with Gasteiger partial charge in [0.15, 0.2) is 0 Å². The number of rotatable bonds is 8. The predicted molar refractivity (Wildman–Crippen MR) is 53.5 cm³/mol. The van der Waals surface area contributed by atoms with Gasteiger partial charge in [-0.3, -0.25) is 0 Å². The van der Waals surface area contributed by atoms with Crippen molar-refractivity contribution in [1.82, 2.24) is 5.32 Å². The molecule has 0 aromatic heterocycles. The van der Waals surface area contributed by atoms with Gasteiger partial charge in [0.05, 0.1) is 0 Å². The molecule has 1 N–H and O–H groups in total. The van der Waals surface area contributed by atoms with E-state index in [2.05, 4.69) is 19.2 Å². The van der Waals surface area contributed by atoms with Crippen molar-refractivity contribution in [3.05, 3.63) is 0 Å². The molecule has 1 atom stereocenters. The topological polar surface area (TPSA) is 21.3 Å². The summed E-state index contributed by atoms with van der Waals surface area (Å²) in [5.41, 5.74) is 0. The first-order chi connectivity index (χ1) is 5.81. The maximum absolute atomic E-state index is 5.38. The predicted octanol–water partition coefficient (Wildman–Crippen LogP) is 2.19. The van der Waals surface area contributed by atoms with E-state index in [1.54, 1.807) is 0 Å². The first-order valence-electron chi connectivity index (χ1n) is 5.06. The van der Waals surface area contributed by atoms with Crippen LogP contribution in [0.25, 0.3) is 0 Å². The van der Waals surface area contributed by atoms with Gasteiger partial charge in [-0.15, -0.1) is 0 Å². The standard InChI is InChI=1S/C10H23NO/c1-4-8-12-9-6-5-7-10(2)11-3/h10-11H,4-9H2,1-3H3. The zero-order valence-electron chi connectivity index (χ0n) is 8.73. The zero-order chi connectivity index (χ0) is 9.23. The summed E-state index contributed by atoms with van der Waals surface area (Å²) in [6.45, 7) is 6.21. The van der Waals surface area contributed by atoms with Gasteiger partial charge in [0.25, 0.3) is 0 Å². The van der Waals surface area contributed by atoms with E-state index < -0.39 is 0 Å². The first kappa shape index (κ1) is 11.9. The molecule has 0 saturated heterocycles. The number of hydrogen-bond donors (Lipinski definition) is 1. The summed E-state index contributed by atoms with van der Waals surface area (Å²) in [5, 5.41) is 3.23. The molecule has 0 fully saturated rings. The summed E-state index contributed by atoms with van der Waals surface area (Å²) >= 11 is 0. The number of nitrogens with one attached hydrogen (secondary N) is 1. The van der Waals surface area contributed by atoms with E-state index in [0.29, 0.717) is 6.04 Å². The molecule has 0 aliphatic heterocycles. The molecule has 0 radical (unpaired) electrons. The highest BCUT2D eigenvalue weighted by molar-refractivity contribution is 4.56. The van der Waals surface area contributed by atoms with E-state index in [9.17, 15) is 0 Å². The lowest BCUT2D eigenvalue weighted by Crippen LogP contribution is -2.20. The van der Waals surface area contributed by atoms with Crippen LogP contribution in [0.3, 0.4) is 0 Å². The molecule has 1 unspecified atom stereocenters. The Morgan fingerprint density at radius 2 is 2.00 bits per heavy atom. The van der Waals surface area contributed by atoms with Crippen LogP contribution >= 0.6 is 0 Å². The fourth-order valence-corrected chi connectivity index (χ4v) is 1.05. The van der Waals surface area contributed by atoms with Gasteiger partial charge < -0.3 is 10.1 Å². The van der Waals surface area contributed by atoms with E-state index in [1.807, 2.05) is 7.05 Å². The summed E-state index contributed by atoms with van der Waals surface area (Å²) in [7, 11) is 2.01. The quantitative estimate of drug-likeness (QED) is 0.568. The third kappa shape index (κ3) is 8.02. The SMILES string of the molecule is CCCOCCCCC(C)NC. The van der Waals surface area contributed by atoms with Crippen LogP contribution in [0.1, 0.15) is 39.5 Å². The Bertz CT molecular complexity index is 85.9. The Kier molecular flexibility index (Phi) is 8.95. The van der Waals surface area contributed by atoms with E-state index in [1.165, 1.54) is 19.3 Å². The van der Waals surface area contributed by atoms with Crippen LogP contribution in [0, 0.1) is 0 Å². The minimum absolute atomic E-state index is 0.649. The Hall–Kier alpha value is -0.0800. The average Bonchev–Trinajstić information content (AvgIpc) is 2.10. The molecule has 0 aromatic carbocycles. The molecule has 0 aliphatic rings. The molecular formula is C10H23NO. The molecule has 2 heteroatoms. The lowest BCUT2D eigenvalue weighted by molar-refractivity contribution is 0.130. The van der Waals surface area contributed by atoms with E-state index in [4.69, 9.17) is 4.74 Å². The Morgan fingerprint density at radius 1 is 1.25 bits per heavy atom. The van der Waals surface area contributed by atoms with Crippen molar-refractivity contribution in [2.75, 3.05) is 20.3 Å².